The third kappa shape index (κ3) is 4.62. The molecule has 0 saturated carbocycles. The van der Waals surface area contributed by atoms with Gasteiger partial charge in [-0.3, -0.25) is 4.98 Å². The predicted octanol–water partition coefficient (Wildman–Crippen LogP) is 3.01. The van der Waals surface area contributed by atoms with Crippen LogP contribution < -0.4 is 5.32 Å². The Labute approximate surface area is 98.2 Å². The molecule has 1 unspecified atom stereocenters. The van der Waals surface area contributed by atoms with Gasteiger partial charge < -0.3 is 10.1 Å². The van der Waals surface area contributed by atoms with Gasteiger partial charge in [0.1, 0.15) is 0 Å². The monoisotopic (exact) mass is 222 g/mol. The molecule has 0 radical (unpaired) electrons. The summed E-state index contributed by atoms with van der Waals surface area (Å²) in [5, 5.41) is 3.45. The van der Waals surface area contributed by atoms with Gasteiger partial charge in [-0.25, -0.2) is 0 Å². The van der Waals surface area contributed by atoms with E-state index in [9.17, 15) is 0 Å². The quantitative estimate of drug-likeness (QED) is 0.770. The van der Waals surface area contributed by atoms with E-state index in [1.54, 1.807) is 7.11 Å². The summed E-state index contributed by atoms with van der Waals surface area (Å²) in [4.78, 5) is 4.27. The van der Waals surface area contributed by atoms with Crippen LogP contribution >= 0.6 is 0 Å². The number of hydrogen-bond donors (Lipinski definition) is 1. The number of aryl methyl sites for hydroxylation is 1. The average molecular weight is 222 g/mol. The van der Waals surface area contributed by atoms with Gasteiger partial charge in [-0.1, -0.05) is 19.8 Å². The summed E-state index contributed by atoms with van der Waals surface area (Å²) in [6.07, 6.45) is 5.45. The molecule has 90 valence electrons. The zero-order chi connectivity index (χ0) is 11.8. The third-order valence-electron chi connectivity index (χ3n) is 2.56. The number of ether oxygens (including phenoxy) is 1. The highest BCUT2D eigenvalue weighted by Gasteiger charge is 2.07. The van der Waals surface area contributed by atoms with Gasteiger partial charge in [-0.05, 0) is 25.5 Å². The second-order valence-electron chi connectivity index (χ2n) is 4.13. The number of nitrogens with zero attached hydrogens (tertiary/aromatic N) is 1. The van der Waals surface area contributed by atoms with Crippen LogP contribution in [-0.2, 0) is 4.74 Å². The van der Waals surface area contributed by atoms with Crippen LogP contribution in [0, 0.1) is 6.92 Å². The van der Waals surface area contributed by atoms with Crippen molar-refractivity contribution in [3.05, 3.63) is 24.0 Å². The predicted molar refractivity (Wildman–Crippen MR) is 67.8 cm³/mol. The highest BCUT2D eigenvalue weighted by atomic mass is 16.5. The zero-order valence-electron chi connectivity index (χ0n) is 10.5. The van der Waals surface area contributed by atoms with Crippen LogP contribution in [0.5, 0.6) is 0 Å². The molecule has 16 heavy (non-hydrogen) atoms. The van der Waals surface area contributed by atoms with E-state index in [-0.39, 0.29) is 0 Å². The van der Waals surface area contributed by atoms with Crippen LogP contribution in [0.3, 0.4) is 0 Å². The SMILES string of the molecule is CCCCC(COC)Nc1ccc(C)nc1. The van der Waals surface area contributed by atoms with Crippen LogP contribution in [0.1, 0.15) is 31.9 Å². The van der Waals surface area contributed by atoms with Crippen LogP contribution in [0.2, 0.25) is 0 Å². The molecule has 0 amide bonds. The second-order valence-corrected chi connectivity index (χ2v) is 4.13. The Morgan fingerprint density at radius 3 is 2.81 bits per heavy atom. The summed E-state index contributed by atoms with van der Waals surface area (Å²) in [6.45, 7) is 4.94. The molecule has 1 aromatic rings. The fourth-order valence-electron chi connectivity index (χ4n) is 1.64. The maximum atomic E-state index is 5.21. The number of aromatic nitrogens is 1. The molecule has 1 rings (SSSR count). The maximum absolute atomic E-state index is 5.21. The Morgan fingerprint density at radius 2 is 2.25 bits per heavy atom. The van der Waals surface area contributed by atoms with Crippen molar-refractivity contribution in [1.29, 1.82) is 0 Å². The van der Waals surface area contributed by atoms with Crippen molar-refractivity contribution in [2.45, 2.75) is 39.2 Å². The Kier molecular flexibility index (Phi) is 5.86. The molecule has 1 N–H and O–H groups in total. The molecule has 3 heteroatoms. The van der Waals surface area contributed by atoms with Gasteiger partial charge >= 0.3 is 0 Å². The zero-order valence-corrected chi connectivity index (χ0v) is 10.5. The summed E-state index contributed by atoms with van der Waals surface area (Å²) in [5.74, 6) is 0. The molecule has 3 nitrogen and oxygen atoms in total. The summed E-state index contributed by atoms with van der Waals surface area (Å²) in [5.41, 5.74) is 2.12. The first-order valence-corrected chi connectivity index (χ1v) is 5.94. The maximum Gasteiger partial charge on any atom is 0.0664 e. The van der Waals surface area contributed by atoms with E-state index in [4.69, 9.17) is 4.74 Å². The lowest BCUT2D eigenvalue weighted by Crippen LogP contribution is -2.24. The van der Waals surface area contributed by atoms with Crippen molar-refractivity contribution >= 4 is 5.69 Å². The number of anilines is 1. The van der Waals surface area contributed by atoms with Gasteiger partial charge in [-0.15, -0.1) is 0 Å². The van der Waals surface area contributed by atoms with Crippen LogP contribution in [-0.4, -0.2) is 24.7 Å². The topological polar surface area (TPSA) is 34.1 Å². The largest absolute Gasteiger partial charge is 0.383 e. The van der Waals surface area contributed by atoms with Crippen molar-refractivity contribution in [3.63, 3.8) is 0 Å². The first kappa shape index (κ1) is 13.0. The van der Waals surface area contributed by atoms with Crippen molar-refractivity contribution in [2.75, 3.05) is 19.0 Å². The molecule has 1 aromatic heterocycles. The molecular weight excluding hydrogens is 200 g/mol. The molecule has 0 bridgehead atoms. The third-order valence-corrected chi connectivity index (χ3v) is 2.56. The molecule has 1 atom stereocenters. The Balaban J connectivity index is 2.49. The van der Waals surface area contributed by atoms with Crippen molar-refractivity contribution in [1.82, 2.24) is 4.98 Å². The van der Waals surface area contributed by atoms with E-state index in [0.29, 0.717) is 6.04 Å². The minimum absolute atomic E-state index is 0.384. The Morgan fingerprint density at radius 1 is 1.44 bits per heavy atom. The highest BCUT2D eigenvalue weighted by molar-refractivity contribution is 5.41. The Hall–Kier alpha value is -1.09. The number of pyridine rings is 1. The number of methoxy groups -OCH3 is 1. The first-order valence-electron chi connectivity index (χ1n) is 5.94. The normalized spacial score (nSPS) is 12.4. The summed E-state index contributed by atoms with van der Waals surface area (Å²) in [6, 6.07) is 4.47. The van der Waals surface area contributed by atoms with E-state index in [2.05, 4.69) is 23.3 Å². The van der Waals surface area contributed by atoms with E-state index in [1.165, 1.54) is 12.8 Å². The van der Waals surface area contributed by atoms with Crippen molar-refractivity contribution in [2.24, 2.45) is 0 Å². The number of nitrogens with one attached hydrogen (secondary N) is 1. The smallest absolute Gasteiger partial charge is 0.0664 e. The summed E-state index contributed by atoms with van der Waals surface area (Å²) >= 11 is 0. The second kappa shape index (κ2) is 7.23. The van der Waals surface area contributed by atoms with Gasteiger partial charge in [0, 0.05) is 18.8 Å². The molecule has 0 spiro atoms. The number of hydrogen-bond acceptors (Lipinski definition) is 3. The average Bonchev–Trinajstić information content (AvgIpc) is 2.29. The molecule has 0 saturated heterocycles. The van der Waals surface area contributed by atoms with Gasteiger partial charge in [0.2, 0.25) is 0 Å². The molecular formula is C13H22N2O. The molecule has 0 aliphatic rings. The molecule has 1 heterocycles. The fraction of sp³-hybridized carbons (Fsp3) is 0.615. The molecule has 0 aliphatic carbocycles. The van der Waals surface area contributed by atoms with Crippen molar-refractivity contribution in [3.8, 4) is 0 Å². The minimum atomic E-state index is 0.384. The van der Waals surface area contributed by atoms with Gasteiger partial charge in [0.25, 0.3) is 0 Å². The Bertz CT molecular complexity index is 284. The lowest BCUT2D eigenvalue weighted by Gasteiger charge is -2.18. The van der Waals surface area contributed by atoms with E-state index in [1.807, 2.05) is 19.2 Å². The van der Waals surface area contributed by atoms with Gasteiger partial charge in [0.15, 0.2) is 0 Å². The molecule has 0 fully saturated rings. The van der Waals surface area contributed by atoms with Crippen molar-refractivity contribution < 1.29 is 4.74 Å². The first-order chi connectivity index (χ1) is 7.76. The lowest BCUT2D eigenvalue weighted by atomic mass is 10.1. The van der Waals surface area contributed by atoms with E-state index < -0.39 is 0 Å². The minimum Gasteiger partial charge on any atom is -0.383 e. The summed E-state index contributed by atoms with van der Waals surface area (Å²) < 4.78 is 5.21. The molecule has 0 aromatic carbocycles. The fourth-order valence-corrected chi connectivity index (χ4v) is 1.64. The van der Waals surface area contributed by atoms with Gasteiger partial charge in [0.05, 0.1) is 18.5 Å². The lowest BCUT2D eigenvalue weighted by molar-refractivity contribution is 0.182. The highest BCUT2D eigenvalue weighted by Crippen LogP contribution is 2.11. The van der Waals surface area contributed by atoms with Crippen LogP contribution in [0.25, 0.3) is 0 Å². The number of rotatable bonds is 7. The standard InChI is InChI=1S/C13H22N2O/c1-4-5-6-13(10-16-3)15-12-8-7-11(2)14-9-12/h7-9,13,15H,4-6,10H2,1-3H3. The number of unbranched alkanes of at least 4 members (excludes halogenated alkanes) is 1. The van der Waals surface area contributed by atoms with Crippen LogP contribution in [0.4, 0.5) is 5.69 Å². The van der Waals surface area contributed by atoms with E-state index in [0.717, 1.165) is 24.4 Å². The van der Waals surface area contributed by atoms with Gasteiger partial charge in [-0.2, -0.15) is 0 Å². The van der Waals surface area contributed by atoms with Crippen LogP contribution in [0.15, 0.2) is 18.3 Å². The van der Waals surface area contributed by atoms with E-state index >= 15 is 0 Å². The molecule has 0 aliphatic heterocycles. The summed E-state index contributed by atoms with van der Waals surface area (Å²) in [7, 11) is 1.74.